The Bertz CT molecular complexity index is 1270. The lowest BCUT2D eigenvalue weighted by Crippen LogP contribution is -2.40. The summed E-state index contributed by atoms with van der Waals surface area (Å²) >= 11 is 0. The van der Waals surface area contributed by atoms with Crippen molar-refractivity contribution in [3.63, 3.8) is 0 Å². The van der Waals surface area contributed by atoms with E-state index < -0.39 is 28.0 Å². The summed E-state index contributed by atoms with van der Waals surface area (Å²) in [7, 11) is -3.61. The number of ether oxygens (including phenoxy) is 2. The van der Waals surface area contributed by atoms with Crippen LogP contribution in [-0.2, 0) is 24.3 Å². The molecule has 1 aliphatic rings. The fraction of sp³-hybridized carbons (Fsp3) is 0.250. The maximum atomic E-state index is 12.7. The van der Waals surface area contributed by atoms with Gasteiger partial charge in [-0.05, 0) is 54.1 Å². The van der Waals surface area contributed by atoms with E-state index in [4.69, 9.17) is 9.47 Å². The highest BCUT2D eigenvalue weighted by molar-refractivity contribution is 7.89. The van der Waals surface area contributed by atoms with Crippen LogP contribution in [0.25, 0.3) is 10.8 Å². The van der Waals surface area contributed by atoms with Crippen LogP contribution in [-0.4, -0.2) is 57.0 Å². The van der Waals surface area contributed by atoms with Crippen LogP contribution < -0.4 is 5.32 Å². The molecule has 172 valence electrons. The van der Waals surface area contributed by atoms with Gasteiger partial charge in [0, 0.05) is 18.8 Å². The molecule has 9 heteroatoms. The highest BCUT2D eigenvalue weighted by Crippen LogP contribution is 2.20. The van der Waals surface area contributed by atoms with Gasteiger partial charge in [0.15, 0.2) is 6.10 Å². The van der Waals surface area contributed by atoms with Crippen molar-refractivity contribution in [1.82, 2.24) is 4.31 Å². The third kappa shape index (κ3) is 5.22. The molecule has 1 fully saturated rings. The van der Waals surface area contributed by atoms with Crippen LogP contribution >= 0.6 is 0 Å². The van der Waals surface area contributed by atoms with Crippen LogP contribution in [0.5, 0.6) is 0 Å². The smallest absolute Gasteiger partial charge is 0.338 e. The number of morpholine rings is 1. The van der Waals surface area contributed by atoms with Gasteiger partial charge in [0.1, 0.15) is 0 Å². The van der Waals surface area contributed by atoms with Gasteiger partial charge < -0.3 is 14.8 Å². The van der Waals surface area contributed by atoms with E-state index in [0.29, 0.717) is 37.6 Å². The summed E-state index contributed by atoms with van der Waals surface area (Å²) < 4.78 is 37.3. The van der Waals surface area contributed by atoms with Gasteiger partial charge in [0.25, 0.3) is 5.91 Å². The Morgan fingerprint density at radius 2 is 1.64 bits per heavy atom. The van der Waals surface area contributed by atoms with E-state index in [9.17, 15) is 18.0 Å². The molecule has 1 amide bonds. The molecule has 0 spiro atoms. The number of nitrogens with one attached hydrogen (secondary N) is 1. The molecule has 0 radical (unpaired) electrons. The molecule has 1 heterocycles. The molecule has 0 aliphatic carbocycles. The zero-order valence-corrected chi connectivity index (χ0v) is 18.9. The number of hydrogen-bond donors (Lipinski definition) is 1. The molecule has 0 saturated carbocycles. The van der Waals surface area contributed by atoms with Gasteiger partial charge in [-0.1, -0.05) is 30.3 Å². The van der Waals surface area contributed by atoms with Gasteiger partial charge in [0.05, 0.1) is 23.7 Å². The fourth-order valence-electron chi connectivity index (χ4n) is 3.49. The molecular formula is C24H24N2O6S. The van der Waals surface area contributed by atoms with Crippen LogP contribution in [0.15, 0.2) is 71.6 Å². The third-order valence-electron chi connectivity index (χ3n) is 5.37. The second kappa shape index (κ2) is 9.70. The van der Waals surface area contributed by atoms with Gasteiger partial charge in [-0.25, -0.2) is 13.2 Å². The summed E-state index contributed by atoms with van der Waals surface area (Å²) in [5.41, 5.74) is 0.751. The van der Waals surface area contributed by atoms with Gasteiger partial charge in [0.2, 0.25) is 10.0 Å². The van der Waals surface area contributed by atoms with Gasteiger partial charge >= 0.3 is 5.97 Å². The number of fused-ring (bicyclic) bond motifs is 1. The van der Waals surface area contributed by atoms with Crippen molar-refractivity contribution < 1.29 is 27.5 Å². The molecule has 33 heavy (non-hydrogen) atoms. The minimum absolute atomic E-state index is 0.137. The molecule has 1 saturated heterocycles. The zero-order valence-electron chi connectivity index (χ0n) is 18.1. The normalized spacial score (nSPS) is 15.7. The Morgan fingerprint density at radius 3 is 2.33 bits per heavy atom. The summed E-state index contributed by atoms with van der Waals surface area (Å²) in [5.74, 6) is -1.12. The first-order valence-electron chi connectivity index (χ1n) is 10.5. The van der Waals surface area contributed by atoms with Crippen LogP contribution in [0, 0.1) is 0 Å². The largest absolute Gasteiger partial charge is 0.449 e. The number of rotatable bonds is 6. The lowest BCUT2D eigenvalue weighted by Gasteiger charge is -2.26. The van der Waals surface area contributed by atoms with Crippen molar-refractivity contribution in [2.75, 3.05) is 31.6 Å². The molecule has 3 aromatic rings. The van der Waals surface area contributed by atoms with Crippen molar-refractivity contribution >= 4 is 38.4 Å². The number of esters is 1. The van der Waals surface area contributed by atoms with Crippen molar-refractivity contribution in [2.45, 2.75) is 17.9 Å². The predicted molar refractivity (Wildman–Crippen MR) is 123 cm³/mol. The molecule has 0 aromatic heterocycles. The Morgan fingerprint density at radius 1 is 0.970 bits per heavy atom. The van der Waals surface area contributed by atoms with E-state index in [2.05, 4.69) is 5.32 Å². The van der Waals surface area contributed by atoms with Crippen LogP contribution in [0.3, 0.4) is 0 Å². The fourth-order valence-corrected chi connectivity index (χ4v) is 4.90. The van der Waals surface area contributed by atoms with Crippen LogP contribution in [0.1, 0.15) is 17.3 Å². The lowest BCUT2D eigenvalue weighted by molar-refractivity contribution is -0.123. The van der Waals surface area contributed by atoms with E-state index >= 15 is 0 Å². The van der Waals surface area contributed by atoms with E-state index in [0.717, 1.165) is 10.8 Å². The molecule has 0 bridgehead atoms. The Hall–Kier alpha value is -3.27. The van der Waals surface area contributed by atoms with Crippen molar-refractivity contribution in [3.8, 4) is 0 Å². The maximum absolute atomic E-state index is 12.7. The summed E-state index contributed by atoms with van der Waals surface area (Å²) in [6.07, 6.45) is -1.04. The number of amides is 1. The molecular weight excluding hydrogens is 444 g/mol. The second-order valence-electron chi connectivity index (χ2n) is 7.64. The Balaban J connectivity index is 1.37. The molecule has 1 N–H and O–H groups in total. The third-order valence-corrected chi connectivity index (χ3v) is 7.28. The van der Waals surface area contributed by atoms with E-state index in [1.165, 1.54) is 35.5 Å². The average Bonchev–Trinajstić information content (AvgIpc) is 2.84. The Kier molecular flexibility index (Phi) is 6.73. The van der Waals surface area contributed by atoms with E-state index in [1.807, 2.05) is 30.3 Å². The van der Waals surface area contributed by atoms with Crippen molar-refractivity contribution in [3.05, 3.63) is 72.3 Å². The van der Waals surface area contributed by atoms with Gasteiger partial charge in [-0.15, -0.1) is 0 Å². The van der Waals surface area contributed by atoms with E-state index in [1.54, 1.807) is 12.1 Å². The number of anilines is 1. The zero-order chi connectivity index (χ0) is 23.4. The summed E-state index contributed by atoms with van der Waals surface area (Å²) in [6, 6.07) is 18.7. The highest BCUT2D eigenvalue weighted by atomic mass is 32.2. The number of hydrogen-bond acceptors (Lipinski definition) is 6. The number of nitrogens with zero attached hydrogens (tertiary/aromatic N) is 1. The maximum Gasteiger partial charge on any atom is 0.338 e. The molecule has 8 nitrogen and oxygen atoms in total. The van der Waals surface area contributed by atoms with Crippen molar-refractivity contribution in [1.29, 1.82) is 0 Å². The number of carbonyl (C=O) groups excluding carboxylic acids is 2. The first-order chi connectivity index (χ1) is 15.8. The SMILES string of the molecule is CC(OC(=O)c1ccc2ccccc2c1)C(=O)Nc1ccc(S(=O)(=O)N2CCOCC2)cc1. The minimum Gasteiger partial charge on any atom is -0.449 e. The van der Waals surface area contributed by atoms with Crippen LogP contribution in [0.4, 0.5) is 5.69 Å². The average molecular weight is 469 g/mol. The Labute approximate surface area is 192 Å². The minimum atomic E-state index is -3.61. The summed E-state index contributed by atoms with van der Waals surface area (Å²) in [5, 5.41) is 4.54. The van der Waals surface area contributed by atoms with Crippen LogP contribution in [0.2, 0.25) is 0 Å². The predicted octanol–water partition coefficient (Wildman–Crippen LogP) is 3.04. The topological polar surface area (TPSA) is 102 Å². The van der Waals surface area contributed by atoms with Gasteiger partial charge in [-0.2, -0.15) is 4.31 Å². The van der Waals surface area contributed by atoms with Gasteiger partial charge in [-0.3, -0.25) is 4.79 Å². The first-order valence-corrected chi connectivity index (χ1v) is 12.0. The number of benzene rings is 3. The number of carbonyl (C=O) groups is 2. The highest BCUT2D eigenvalue weighted by Gasteiger charge is 2.26. The molecule has 3 aromatic carbocycles. The molecule has 4 rings (SSSR count). The summed E-state index contributed by atoms with van der Waals surface area (Å²) in [4.78, 5) is 25.1. The quantitative estimate of drug-likeness (QED) is 0.558. The lowest BCUT2D eigenvalue weighted by atomic mass is 10.1. The summed E-state index contributed by atoms with van der Waals surface area (Å²) in [6.45, 7) is 2.82. The molecule has 1 atom stereocenters. The van der Waals surface area contributed by atoms with Crippen molar-refractivity contribution in [2.24, 2.45) is 0 Å². The monoisotopic (exact) mass is 468 g/mol. The molecule has 1 unspecified atom stereocenters. The second-order valence-corrected chi connectivity index (χ2v) is 9.58. The number of sulfonamides is 1. The standard InChI is InChI=1S/C24H24N2O6S/c1-17(32-24(28)20-7-6-18-4-2-3-5-19(18)16-20)23(27)25-21-8-10-22(11-9-21)33(29,30)26-12-14-31-15-13-26/h2-11,16-17H,12-15H2,1H3,(H,25,27). The first kappa shape index (κ1) is 22.9. The molecule has 1 aliphatic heterocycles. The van der Waals surface area contributed by atoms with E-state index in [-0.39, 0.29) is 4.90 Å².